The van der Waals surface area contributed by atoms with Gasteiger partial charge in [0.15, 0.2) is 0 Å². The van der Waals surface area contributed by atoms with Crippen LogP contribution in [0.3, 0.4) is 0 Å². The van der Waals surface area contributed by atoms with Crippen LogP contribution in [-0.4, -0.2) is 34.8 Å². The monoisotopic (exact) mass is 367 g/mol. The summed E-state index contributed by atoms with van der Waals surface area (Å²) in [7, 11) is 0. The molecular weight excluding hydrogens is 349 g/mol. The number of carbonyl (C=O) groups is 1. The highest BCUT2D eigenvalue weighted by molar-refractivity contribution is 6.38. The normalized spacial score (nSPS) is 20.4. The number of hydrogen-bond donors (Lipinski definition) is 2. The molecule has 0 saturated carbocycles. The van der Waals surface area contributed by atoms with E-state index in [2.05, 4.69) is 0 Å². The minimum absolute atomic E-state index is 0.0375. The highest BCUT2D eigenvalue weighted by Crippen LogP contribution is 2.37. The number of halogens is 2. The second-order valence-corrected chi connectivity index (χ2v) is 6.80. The molecule has 2 heterocycles. The minimum atomic E-state index is -1.35. The number of fused-ring (bicyclic) bond motifs is 1. The number of pyridine rings is 1. The largest absolute Gasteiger partial charge is 0.477 e. The van der Waals surface area contributed by atoms with Gasteiger partial charge in [0.25, 0.3) is 0 Å². The van der Waals surface area contributed by atoms with Crippen LogP contribution in [0.25, 0.3) is 10.9 Å². The van der Waals surface area contributed by atoms with E-state index >= 15 is 0 Å². The molecule has 6 nitrogen and oxygen atoms in total. The van der Waals surface area contributed by atoms with Gasteiger partial charge in [-0.1, -0.05) is 18.5 Å². The van der Waals surface area contributed by atoms with Crippen LogP contribution < -0.4 is 16.1 Å². The Kier molecular flexibility index (Phi) is 4.47. The van der Waals surface area contributed by atoms with E-state index in [0.717, 1.165) is 6.07 Å². The maximum absolute atomic E-state index is 14.8. The number of hydrogen-bond acceptors (Lipinski definition) is 4. The number of benzene rings is 1. The van der Waals surface area contributed by atoms with Gasteiger partial charge in [-0.2, -0.15) is 0 Å². The zero-order chi connectivity index (χ0) is 18.5. The fraction of sp³-hybridized carbons (Fsp3) is 0.412. The summed E-state index contributed by atoms with van der Waals surface area (Å²) in [4.78, 5) is 25.5. The molecule has 0 amide bonds. The summed E-state index contributed by atoms with van der Waals surface area (Å²) < 4.78 is 16.3. The van der Waals surface area contributed by atoms with Crippen LogP contribution in [0, 0.1) is 11.7 Å². The molecule has 0 radical (unpaired) electrons. The summed E-state index contributed by atoms with van der Waals surface area (Å²) in [5.41, 5.74) is 5.42. The lowest BCUT2D eigenvalue weighted by Crippen LogP contribution is -2.29. The Hall–Kier alpha value is -2.12. The Balaban J connectivity index is 2.32. The van der Waals surface area contributed by atoms with Crippen LogP contribution in [0.15, 0.2) is 17.1 Å². The maximum atomic E-state index is 14.8. The van der Waals surface area contributed by atoms with Crippen molar-refractivity contribution in [3.05, 3.63) is 38.9 Å². The first-order valence-electron chi connectivity index (χ1n) is 8.05. The van der Waals surface area contributed by atoms with Crippen LogP contribution in [0.1, 0.15) is 24.2 Å². The maximum Gasteiger partial charge on any atom is 0.341 e. The molecule has 2 aromatic rings. The lowest BCUT2D eigenvalue weighted by atomic mass is 10.1. The van der Waals surface area contributed by atoms with Crippen molar-refractivity contribution in [3.8, 4) is 0 Å². The molecule has 1 aliphatic heterocycles. The Morgan fingerprint density at radius 1 is 1.48 bits per heavy atom. The number of rotatable bonds is 3. The van der Waals surface area contributed by atoms with Gasteiger partial charge in [-0.05, 0) is 18.9 Å². The van der Waals surface area contributed by atoms with Gasteiger partial charge in [-0.15, -0.1) is 0 Å². The van der Waals surface area contributed by atoms with E-state index in [1.807, 2.05) is 6.92 Å². The third-order valence-corrected chi connectivity index (χ3v) is 5.15. The highest BCUT2D eigenvalue weighted by Gasteiger charge is 2.31. The van der Waals surface area contributed by atoms with E-state index < -0.39 is 22.8 Å². The van der Waals surface area contributed by atoms with Gasteiger partial charge in [0.05, 0.1) is 21.6 Å². The molecular formula is C17H19ClFN3O3. The van der Waals surface area contributed by atoms with Crippen molar-refractivity contribution in [3.63, 3.8) is 0 Å². The van der Waals surface area contributed by atoms with Crippen LogP contribution in [0.5, 0.6) is 0 Å². The molecule has 2 atom stereocenters. The molecule has 25 heavy (non-hydrogen) atoms. The smallest absolute Gasteiger partial charge is 0.341 e. The quantitative estimate of drug-likeness (QED) is 0.869. The Morgan fingerprint density at radius 3 is 2.68 bits per heavy atom. The van der Waals surface area contributed by atoms with E-state index in [4.69, 9.17) is 17.3 Å². The molecule has 1 aromatic heterocycles. The average Bonchev–Trinajstić information content (AvgIpc) is 2.86. The molecule has 3 N–H and O–H groups in total. The molecule has 1 aromatic carbocycles. The number of aromatic carboxylic acids is 1. The number of aryl methyl sites for hydroxylation is 1. The first kappa shape index (κ1) is 17.7. The van der Waals surface area contributed by atoms with Crippen molar-refractivity contribution < 1.29 is 14.3 Å². The summed E-state index contributed by atoms with van der Waals surface area (Å²) in [6.45, 7) is 5.19. The summed E-state index contributed by atoms with van der Waals surface area (Å²) in [6.07, 6.45) is 1.25. The third kappa shape index (κ3) is 2.77. The second-order valence-electron chi connectivity index (χ2n) is 6.43. The number of nitrogens with zero attached hydrogens (tertiary/aromatic N) is 2. The highest BCUT2D eigenvalue weighted by atomic mass is 35.5. The topological polar surface area (TPSA) is 88.6 Å². The number of anilines is 1. The summed E-state index contributed by atoms with van der Waals surface area (Å²) in [6, 6.07) is 0.986. The number of carboxylic acid groups (broad SMARTS) is 1. The molecule has 0 spiro atoms. The SMILES string of the molecule is CCn1cc(C(=O)O)c(=O)c2cc(F)c(N3CC(C)C(N)C3)c(Cl)c21. The summed E-state index contributed by atoms with van der Waals surface area (Å²) in [5.74, 6) is -1.82. The van der Waals surface area contributed by atoms with E-state index in [1.54, 1.807) is 16.4 Å². The van der Waals surface area contributed by atoms with Gasteiger partial charge in [-0.3, -0.25) is 4.79 Å². The van der Waals surface area contributed by atoms with Crippen LogP contribution in [0.2, 0.25) is 5.02 Å². The van der Waals surface area contributed by atoms with E-state index in [9.17, 15) is 19.1 Å². The fourth-order valence-electron chi connectivity index (χ4n) is 3.34. The summed E-state index contributed by atoms with van der Waals surface area (Å²) in [5, 5.41) is 9.27. The van der Waals surface area contributed by atoms with E-state index in [1.165, 1.54) is 6.20 Å². The van der Waals surface area contributed by atoms with Crippen LogP contribution in [-0.2, 0) is 6.54 Å². The van der Waals surface area contributed by atoms with Crippen LogP contribution in [0.4, 0.5) is 10.1 Å². The minimum Gasteiger partial charge on any atom is -0.477 e. The van der Waals surface area contributed by atoms with Crippen molar-refractivity contribution in [2.75, 3.05) is 18.0 Å². The van der Waals surface area contributed by atoms with E-state index in [0.29, 0.717) is 25.2 Å². The first-order valence-corrected chi connectivity index (χ1v) is 8.43. The van der Waals surface area contributed by atoms with E-state index in [-0.39, 0.29) is 28.1 Å². The molecule has 3 rings (SSSR count). The lowest BCUT2D eigenvalue weighted by molar-refractivity contribution is 0.0695. The van der Waals surface area contributed by atoms with Crippen molar-refractivity contribution >= 4 is 34.2 Å². The molecule has 2 unspecified atom stereocenters. The second kappa shape index (κ2) is 6.31. The fourth-order valence-corrected chi connectivity index (χ4v) is 3.76. The lowest BCUT2D eigenvalue weighted by Gasteiger charge is -2.23. The van der Waals surface area contributed by atoms with Crippen molar-refractivity contribution in [1.82, 2.24) is 4.57 Å². The average molecular weight is 368 g/mol. The van der Waals surface area contributed by atoms with Gasteiger partial charge in [0, 0.05) is 31.9 Å². The van der Waals surface area contributed by atoms with Gasteiger partial charge in [-0.25, -0.2) is 9.18 Å². The Morgan fingerprint density at radius 2 is 2.16 bits per heavy atom. The number of nitrogens with two attached hydrogens (primary N) is 1. The molecule has 1 fully saturated rings. The number of carboxylic acids is 1. The standard InChI is InChI=1S/C17H19ClFN3O3/c1-3-21-6-10(17(24)25)16(23)9-4-11(19)15(13(18)14(9)21)22-5-8(2)12(20)7-22/h4,6,8,12H,3,5,7,20H2,1-2H3,(H,24,25). The first-order chi connectivity index (χ1) is 11.8. The predicted octanol–water partition coefficient (Wildman–Crippen LogP) is 2.30. The zero-order valence-electron chi connectivity index (χ0n) is 13.9. The zero-order valence-corrected chi connectivity index (χ0v) is 14.7. The van der Waals surface area contributed by atoms with Crippen LogP contribution >= 0.6 is 11.6 Å². The summed E-state index contributed by atoms with van der Waals surface area (Å²) >= 11 is 6.48. The molecule has 0 bridgehead atoms. The molecule has 1 aliphatic rings. The van der Waals surface area contributed by atoms with Gasteiger partial charge in [0.1, 0.15) is 11.4 Å². The molecule has 0 aliphatic carbocycles. The molecule has 1 saturated heterocycles. The predicted molar refractivity (Wildman–Crippen MR) is 95.2 cm³/mol. The van der Waals surface area contributed by atoms with Crippen molar-refractivity contribution in [2.24, 2.45) is 11.7 Å². The number of aromatic nitrogens is 1. The Bertz CT molecular complexity index is 918. The molecule has 8 heteroatoms. The Labute approximate surface area is 148 Å². The third-order valence-electron chi connectivity index (χ3n) is 4.79. The van der Waals surface area contributed by atoms with Gasteiger partial charge < -0.3 is 20.3 Å². The molecule has 134 valence electrons. The van der Waals surface area contributed by atoms with Gasteiger partial charge in [0.2, 0.25) is 5.43 Å². The van der Waals surface area contributed by atoms with Crippen molar-refractivity contribution in [2.45, 2.75) is 26.4 Å². The van der Waals surface area contributed by atoms with Crippen molar-refractivity contribution in [1.29, 1.82) is 0 Å². The van der Waals surface area contributed by atoms with Gasteiger partial charge >= 0.3 is 5.97 Å².